The van der Waals surface area contributed by atoms with Gasteiger partial charge in [0.05, 0.1) is 16.6 Å². The molecule has 2 N–H and O–H groups in total. The number of alkyl halides is 3. The molecule has 0 aliphatic carbocycles. The highest BCUT2D eigenvalue weighted by Crippen LogP contribution is 2.24. The van der Waals surface area contributed by atoms with E-state index in [9.17, 15) is 22.4 Å². The second-order valence-electron chi connectivity index (χ2n) is 5.81. The minimum atomic E-state index is -4.77. The molecule has 5 nitrogen and oxygen atoms in total. The quantitative estimate of drug-likeness (QED) is 0.500. The minimum Gasteiger partial charge on any atom is -0.406 e. The van der Waals surface area contributed by atoms with Crippen molar-refractivity contribution < 1.29 is 27.1 Å². The number of ether oxygens (including phenoxy) is 1. The molecular weight excluding hydrogens is 386 g/mol. The molecule has 0 fully saturated rings. The van der Waals surface area contributed by atoms with Crippen molar-refractivity contribution in [3.63, 3.8) is 0 Å². The summed E-state index contributed by atoms with van der Waals surface area (Å²) >= 11 is 4.97. The number of benzene rings is 2. The molecule has 0 radical (unpaired) electrons. The monoisotopic (exact) mass is 399 g/mol. The highest BCUT2D eigenvalue weighted by molar-refractivity contribution is 7.71. The van der Waals surface area contributed by atoms with Crippen molar-refractivity contribution in [2.75, 3.05) is 7.05 Å². The molecule has 0 aliphatic heterocycles. The summed E-state index contributed by atoms with van der Waals surface area (Å²) in [6.07, 6.45) is -4.77. The van der Waals surface area contributed by atoms with Crippen LogP contribution in [0, 0.1) is 10.6 Å². The summed E-state index contributed by atoms with van der Waals surface area (Å²) in [6.45, 7) is 0.105. The molecule has 142 valence electrons. The molecular formula is C17H13F4N3O2S. The molecule has 0 aliphatic rings. The van der Waals surface area contributed by atoms with E-state index in [-0.39, 0.29) is 22.6 Å². The van der Waals surface area contributed by atoms with E-state index in [2.05, 4.69) is 14.7 Å². The average molecular weight is 399 g/mol. The van der Waals surface area contributed by atoms with Crippen LogP contribution in [-0.2, 0) is 6.54 Å². The van der Waals surface area contributed by atoms with Crippen LogP contribution in [0.1, 0.15) is 15.9 Å². The largest absolute Gasteiger partial charge is 0.573 e. The number of halogens is 4. The predicted molar refractivity (Wildman–Crippen MR) is 92.4 cm³/mol. The maximum Gasteiger partial charge on any atom is 0.573 e. The van der Waals surface area contributed by atoms with Crippen molar-refractivity contribution in [2.45, 2.75) is 12.9 Å². The fourth-order valence-electron chi connectivity index (χ4n) is 2.62. The number of aromatic nitrogens is 2. The van der Waals surface area contributed by atoms with E-state index in [0.717, 1.165) is 18.2 Å². The van der Waals surface area contributed by atoms with Gasteiger partial charge in [-0.2, -0.15) is 0 Å². The van der Waals surface area contributed by atoms with Gasteiger partial charge in [-0.1, -0.05) is 12.1 Å². The number of amides is 1. The van der Waals surface area contributed by atoms with Gasteiger partial charge in [-0.15, -0.1) is 13.2 Å². The Morgan fingerprint density at radius 2 is 1.85 bits per heavy atom. The highest BCUT2D eigenvalue weighted by atomic mass is 32.1. The summed E-state index contributed by atoms with van der Waals surface area (Å²) in [6, 6.07) is 7.46. The van der Waals surface area contributed by atoms with E-state index >= 15 is 0 Å². The molecule has 0 saturated heterocycles. The van der Waals surface area contributed by atoms with Gasteiger partial charge in [0.25, 0.3) is 5.91 Å². The summed E-state index contributed by atoms with van der Waals surface area (Å²) in [5.74, 6) is -1.43. The first-order valence-electron chi connectivity index (χ1n) is 7.64. The molecule has 27 heavy (non-hydrogen) atoms. The minimum absolute atomic E-state index is 0.0943. The van der Waals surface area contributed by atoms with Gasteiger partial charge < -0.3 is 19.6 Å². The smallest absolute Gasteiger partial charge is 0.406 e. The third kappa shape index (κ3) is 4.45. The summed E-state index contributed by atoms with van der Waals surface area (Å²) in [4.78, 5) is 19.6. The van der Waals surface area contributed by atoms with Crippen molar-refractivity contribution >= 4 is 29.2 Å². The first kappa shape index (κ1) is 18.9. The third-order valence-electron chi connectivity index (χ3n) is 3.74. The topological polar surface area (TPSA) is 61.1 Å². The van der Waals surface area contributed by atoms with Gasteiger partial charge in [-0.25, -0.2) is 4.39 Å². The molecule has 1 heterocycles. The Kier molecular flexibility index (Phi) is 4.92. The molecule has 10 heteroatoms. The van der Waals surface area contributed by atoms with Gasteiger partial charge in [0, 0.05) is 13.6 Å². The van der Waals surface area contributed by atoms with E-state index < -0.39 is 18.1 Å². The Bertz CT molecular complexity index is 1040. The fourth-order valence-corrected chi connectivity index (χ4v) is 2.84. The van der Waals surface area contributed by atoms with Crippen molar-refractivity contribution in [3.05, 3.63) is 58.1 Å². The maximum atomic E-state index is 13.8. The summed E-state index contributed by atoms with van der Waals surface area (Å²) in [5, 5.41) is 0. The molecule has 0 spiro atoms. The van der Waals surface area contributed by atoms with Crippen LogP contribution in [0.3, 0.4) is 0 Å². The molecule has 3 aromatic rings. The van der Waals surface area contributed by atoms with E-state index in [1.54, 1.807) is 0 Å². The number of carbonyl (C=O) groups is 1. The zero-order valence-electron chi connectivity index (χ0n) is 13.9. The average Bonchev–Trinajstić information content (AvgIpc) is 2.93. The van der Waals surface area contributed by atoms with Crippen LogP contribution in [-0.4, -0.2) is 34.2 Å². The Hall–Kier alpha value is -2.88. The molecule has 2 aromatic carbocycles. The second kappa shape index (κ2) is 7.03. The number of hydrogen-bond acceptors (Lipinski definition) is 3. The number of rotatable bonds is 4. The van der Waals surface area contributed by atoms with Gasteiger partial charge in [-0.3, -0.25) is 4.79 Å². The molecule has 1 amide bonds. The lowest BCUT2D eigenvalue weighted by Gasteiger charge is -2.18. The lowest BCUT2D eigenvalue weighted by Crippen LogP contribution is -2.26. The van der Waals surface area contributed by atoms with Crippen LogP contribution in [0.15, 0.2) is 36.4 Å². The third-order valence-corrected chi connectivity index (χ3v) is 3.95. The number of carbonyl (C=O) groups excluding carboxylic acids is 1. The normalized spacial score (nSPS) is 11.6. The lowest BCUT2D eigenvalue weighted by atomic mass is 10.1. The highest BCUT2D eigenvalue weighted by Gasteiger charge is 2.31. The number of hydrogen-bond donors (Lipinski definition) is 2. The standard InChI is InChI=1S/C17H13F4N3O2S/c1-24(8-9-2-4-11(5-3-9)26-17(19,20)21)15(25)12-6-10(18)7-13-14(12)23-16(27)22-13/h2-7H,8H2,1H3,(H2,22,23,27). The Labute approximate surface area is 155 Å². The van der Waals surface area contributed by atoms with Crippen molar-refractivity contribution in [2.24, 2.45) is 0 Å². The van der Waals surface area contributed by atoms with Crippen LogP contribution < -0.4 is 4.74 Å². The molecule has 3 rings (SSSR count). The summed E-state index contributed by atoms with van der Waals surface area (Å²) < 4.78 is 54.4. The van der Waals surface area contributed by atoms with Crippen molar-refractivity contribution in [3.8, 4) is 5.75 Å². The lowest BCUT2D eigenvalue weighted by molar-refractivity contribution is -0.274. The molecule has 0 bridgehead atoms. The number of nitrogens with one attached hydrogen (secondary N) is 2. The SMILES string of the molecule is CN(Cc1ccc(OC(F)(F)F)cc1)C(=O)c1cc(F)cc2[nH]c(=S)[nH]c12. The second-order valence-corrected chi connectivity index (χ2v) is 6.22. The van der Waals surface area contributed by atoms with Gasteiger partial charge in [-0.05, 0) is 42.0 Å². The molecule has 1 aromatic heterocycles. The summed E-state index contributed by atoms with van der Waals surface area (Å²) in [7, 11) is 1.50. The van der Waals surface area contributed by atoms with E-state index in [1.807, 2.05) is 0 Å². The van der Waals surface area contributed by atoms with Gasteiger partial charge >= 0.3 is 6.36 Å². The van der Waals surface area contributed by atoms with Gasteiger partial charge in [0.15, 0.2) is 4.77 Å². The van der Waals surface area contributed by atoms with Gasteiger partial charge in [0.1, 0.15) is 11.6 Å². The van der Waals surface area contributed by atoms with Crippen LogP contribution in [0.4, 0.5) is 17.6 Å². The Balaban J connectivity index is 1.79. The fraction of sp³-hybridized carbons (Fsp3) is 0.176. The number of H-pyrrole nitrogens is 2. The number of imidazole rings is 1. The predicted octanol–water partition coefficient (Wildman–Crippen LogP) is 4.54. The number of nitrogens with zero attached hydrogens (tertiary/aromatic N) is 1. The molecule has 0 atom stereocenters. The first-order chi connectivity index (χ1) is 12.6. The zero-order valence-corrected chi connectivity index (χ0v) is 14.7. The van der Waals surface area contributed by atoms with E-state index in [1.165, 1.54) is 30.1 Å². The van der Waals surface area contributed by atoms with Crippen LogP contribution >= 0.6 is 12.2 Å². The Morgan fingerprint density at radius 3 is 2.48 bits per heavy atom. The van der Waals surface area contributed by atoms with Gasteiger partial charge in [0.2, 0.25) is 0 Å². The van der Waals surface area contributed by atoms with Crippen LogP contribution in [0.2, 0.25) is 0 Å². The van der Waals surface area contributed by atoms with Crippen molar-refractivity contribution in [1.82, 2.24) is 14.9 Å². The Morgan fingerprint density at radius 1 is 1.19 bits per heavy atom. The molecule has 0 saturated carbocycles. The van der Waals surface area contributed by atoms with E-state index in [4.69, 9.17) is 12.2 Å². The van der Waals surface area contributed by atoms with Crippen molar-refractivity contribution in [1.29, 1.82) is 0 Å². The zero-order chi connectivity index (χ0) is 19.8. The first-order valence-corrected chi connectivity index (χ1v) is 8.05. The number of aromatic amines is 2. The van der Waals surface area contributed by atoms with E-state index in [0.29, 0.717) is 16.6 Å². The summed E-state index contributed by atoms with van der Waals surface area (Å²) in [5.41, 5.74) is 1.42. The van der Waals surface area contributed by atoms with Crippen LogP contribution in [0.5, 0.6) is 5.75 Å². The number of fused-ring (bicyclic) bond motifs is 1. The maximum absolute atomic E-state index is 13.8. The molecule has 0 unspecified atom stereocenters. The van der Waals surface area contributed by atoms with Crippen LogP contribution in [0.25, 0.3) is 11.0 Å².